The van der Waals surface area contributed by atoms with Crippen LogP contribution in [-0.2, 0) is 18.4 Å². The standard InChI is InChI=1S/C8H15N3O/c1-6(2)12-5-7-4-8(9)11(3)10-7/h4,6H,5,9H2,1-3H3. The number of hydrogen-bond donors (Lipinski definition) is 1. The lowest BCUT2D eigenvalue weighted by molar-refractivity contribution is 0.0633. The summed E-state index contributed by atoms with van der Waals surface area (Å²) < 4.78 is 7.00. The molecule has 0 atom stereocenters. The zero-order valence-corrected chi connectivity index (χ0v) is 7.74. The molecule has 2 N–H and O–H groups in total. The molecule has 0 spiro atoms. The number of ether oxygens (including phenoxy) is 1. The maximum absolute atomic E-state index is 5.59. The van der Waals surface area contributed by atoms with Gasteiger partial charge in [-0.2, -0.15) is 5.10 Å². The second-order valence-corrected chi connectivity index (χ2v) is 3.04. The van der Waals surface area contributed by atoms with Gasteiger partial charge in [0.25, 0.3) is 0 Å². The molecule has 1 aromatic heterocycles. The lowest BCUT2D eigenvalue weighted by Gasteiger charge is -2.03. The van der Waals surface area contributed by atoms with Crippen LogP contribution in [0.5, 0.6) is 0 Å². The Morgan fingerprint density at radius 2 is 2.33 bits per heavy atom. The fourth-order valence-electron chi connectivity index (χ4n) is 0.866. The Labute approximate surface area is 72.3 Å². The van der Waals surface area contributed by atoms with Crippen molar-refractivity contribution in [3.05, 3.63) is 11.8 Å². The van der Waals surface area contributed by atoms with Gasteiger partial charge in [0.1, 0.15) is 5.82 Å². The van der Waals surface area contributed by atoms with Gasteiger partial charge in [0.15, 0.2) is 0 Å². The Morgan fingerprint density at radius 1 is 1.67 bits per heavy atom. The van der Waals surface area contributed by atoms with Crippen LogP contribution in [0.25, 0.3) is 0 Å². The minimum Gasteiger partial charge on any atom is -0.384 e. The molecule has 68 valence electrons. The molecular weight excluding hydrogens is 154 g/mol. The second kappa shape index (κ2) is 3.58. The van der Waals surface area contributed by atoms with Gasteiger partial charge in [-0.15, -0.1) is 0 Å². The Balaban J connectivity index is 2.53. The minimum absolute atomic E-state index is 0.230. The van der Waals surface area contributed by atoms with E-state index < -0.39 is 0 Å². The molecule has 0 amide bonds. The van der Waals surface area contributed by atoms with Gasteiger partial charge in [-0.05, 0) is 13.8 Å². The Hall–Kier alpha value is -1.03. The van der Waals surface area contributed by atoms with Crippen molar-refractivity contribution in [3.63, 3.8) is 0 Å². The molecule has 12 heavy (non-hydrogen) atoms. The minimum atomic E-state index is 0.230. The summed E-state index contributed by atoms with van der Waals surface area (Å²) >= 11 is 0. The fourth-order valence-corrected chi connectivity index (χ4v) is 0.866. The van der Waals surface area contributed by atoms with Crippen LogP contribution >= 0.6 is 0 Å². The van der Waals surface area contributed by atoms with Gasteiger partial charge in [-0.1, -0.05) is 0 Å². The highest BCUT2D eigenvalue weighted by Gasteiger charge is 2.02. The van der Waals surface area contributed by atoms with Gasteiger partial charge in [0.05, 0.1) is 18.4 Å². The second-order valence-electron chi connectivity index (χ2n) is 3.04. The first-order chi connectivity index (χ1) is 5.59. The Bertz CT molecular complexity index is 235. The van der Waals surface area contributed by atoms with Gasteiger partial charge in [0.2, 0.25) is 0 Å². The summed E-state index contributed by atoms with van der Waals surface area (Å²) in [7, 11) is 1.81. The van der Waals surface area contributed by atoms with Gasteiger partial charge < -0.3 is 10.5 Å². The van der Waals surface area contributed by atoms with E-state index in [9.17, 15) is 0 Å². The van der Waals surface area contributed by atoms with Gasteiger partial charge in [-0.25, -0.2) is 0 Å². The highest BCUT2D eigenvalue weighted by atomic mass is 16.5. The quantitative estimate of drug-likeness (QED) is 0.732. The van der Waals surface area contributed by atoms with E-state index in [0.717, 1.165) is 5.69 Å². The number of nitrogens with zero attached hydrogens (tertiary/aromatic N) is 2. The number of nitrogen functional groups attached to an aromatic ring is 1. The van der Waals surface area contributed by atoms with Gasteiger partial charge >= 0.3 is 0 Å². The monoisotopic (exact) mass is 169 g/mol. The largest absolute Gasteiger partial charge is 0.384 e. The van der Waals surface area contributed by atoms with Gasteiger partial charge in [0, 0.05) is 13.1 Å². The number of anilines is 1. The lowest BCUT2D eigenvalue weighted by atomic mass is 10.4. The van der Waals surface area contributed by atoms with Crippen LogP contribution in [0.4, 0.5) is 5.82 Å². The highest BCUT2D eigenvalue weighted by Crippen LogP contribution is 2.06. The first-order valence-corrected chi connectivity index (χ1v) is 3.99. The van der Waals surface area contributed by atoms with Crippen molar-refractivity contribution in [1.29, 1.82) is 0 Å². The number of aryl methyl sites for hydroxylation is 1. The van der Waals surface area contributed by atoms with Crippen LogP contribution in [0.1, 0.15) is 19.5 Å². The lowest BCUT2D eigenvalue weighted by Crippen LogP contribution is -2.03. The Morgan fingerprint density at radius 3 is 2.75 bits per heavy atom. The SMILES string of the molecule is CC(C)OCc1cc(N)n(C)n1. The number of aromatic nitrogens is 2. The molecule has 4 heteroatoms. The zero-order valence-electron chi connectivity index (χ0n) is 7.74. The van der Waals surface area contributed by atoms with Crippen molar-refractivity contribution in [3.8, 4) is 0 Å². The van der Waals surface area contributed by atoms with E-state index in [1.807, 2.05) is 27.0 Å². The normalized spacial score (nSPS) is 11.0. The molecule has 0 aliphatic heterocycles. The molecule has 0 bridgehead atoms. The first-order valence-electron chi connectivity index (χ1n) is 3.99. The molecule has 0 radical (unpaired) electrons. The van der Waals surface area contributed by atoms with E-state index in [1.165, 1.54) is 0 Å². The number of nitrogens with two attached hydrogens (primary N) is 1. The molecular formula is C8H15N3O. The third-order valence-electron chi connectivity index (χ3n) is 1.53. The van der Waals surface area contributed by atoms with E-state index >= 15 is 0 Å². The molecule has 0 fully saturated rings. The van der Waals surface area contributed by atoms with E-state index in [1.54, 1.807) is 4.68 Å². The average molecular weight is 169 g/mol. The summed E-state index contributed by atoms with van der Waals surface area (Å²) in [5, 5.41) is 4.15. The summed E-state index contributed by atoms with van der Waals surface area (Å²) in [5.41, 5.74) is 6.47. The topological polar surface area (TPSA) is 53.1 Å². The predicted molar refractivity (Wildman–Crippen MR) is 47.5 cm³/mol. The van der Waals surface area contributed by atoms with E-state index in [2.05, 4.69) is 5.10 Å². The molecule has 1 rings (SSSR count). The molecule has 0 aliphatic carbocycles. The van der Waals surface area contributed by atoms with Crippen LogP contribution in [0.3, 0.4) is 0 Å². The molecule has 0 saturated heterocycles. The summed E-state index contributed by atoms with van der Waals surface area (Å²) in [6.07, 6.45) is 0.230. The third kappa shape index (κ3) is 2.23. The highest BCUT2D eigenvalue weighted by molar-refractivity contribution is 5.29. The molecule has 0 aromatic carbocycles. The van der Waals surface area contributed by atoms with E-state index in [-0.39, 0.29) is 6.10 Å². The first kappa shape index (κ1) is 9.06. The fraction of sp³-hybridized carbons (Fsp3) is 0.625. The van der Waals surface area contributed by atoms with E-state index in [0.29, 0.717) is 12.4 Å². The van der Waals surface area contributed by atoms with Crippen LogP contribution in [-0.4, -0.2) is 15.9 Å². The molecule has 4 nitrogen and oxygen atoms in total. The molecule has 0 saturated carbocycles. The van der Waals surface area contributed by atoms with Crippen molar-refractivity contribution in [2.45, 2.75) is 26.6 Å². The predicted octanol–water partition coefficient (Wildman–Crippen LogP) is 0.927. The maximum Gasteiger partial charge on any atom is 0.121 e. The zero-order chi connectivity index (χ0) is 9.14. The van der Waals surface area contributed by atoms with Crippen molar-refractivity contribution in [2.24, 2.45) is 7.05 Å². The van der Waals surface area contributed by atoms with Crippen LogP contribution in [0.2, 0.25) is 0 Å². The van der Waals surface area contributed by atoms with Crippen LogP contribution in [0.15, 0.2) is 6.07 Å². The Kier molecular flexibility index (Phi) is 2.70. The van der Waals surface area contributed by atoms with Crippen LogP contribution < -0.4 is 5.73 Å². The van der Waals surface area contributed by atoms with E-state index in [4.69, 9.17) is 10.5 Å². The summed E-state index contributed by atoms with van der Waals surface area (Å²) in [4.78, 5) is 0. The average Bonchev–Trinajstić information content (AvgIpc) is 2.28. The van der Waals surface area contributed by atoms with Crippen molar-refractivity contribution in [2.75, 3.05) is 5.73 Å². The molecule has 0 unspecified atom stereocenters. The molecule has 1 heterocycles. The molecule has 1 aromatic rings. The van der Waals surface area contributed by atoms with Crippen molar-refractivity contribution in [1.82, 2.24) is 9.78 Å². The summed E-state index contributed by atoms with van der Waals surface area (Å²) in [5.74, 6) is 0.664. The third-order valence-corrected chi connectivity index (χ3v) is 1.53. The number of rotatable bonds is 3. The van der Waals surface area contributed by atoms with Crippen molar-refractivity contribution >= 4 is 5.82 Å². The summed E-state index contributed by atoms with van der Waals surface area (Å²) in [6, 6.07) is 1.82. The summed E-state index contributed by atoms with van der Waals surface area (Å²) in [6.45, 7) is 4.52. The van der Waals surface area contributed by atoms with Gasteiger partial charge in [-0.3, -0.25) is 4.68 Å². The molecule has 0 aliphatic rings. The van der Waals surface area contributed by atoms with Crippen LogP contribution in [0, 0.1) is 0 Å². The maximum atomic E-state index is 5.59. The van der Waals surface area contributed by atoms with Crippen molar-refractivity contribution < 1.29 is 4.74 Å². The number of hydrogen-bond acceptors (Lipinski definition) is 3. The smallest absolute Gasteiger partial charge is 0.121 e.